The molecule has 2 amide bonds. The van der Waals surface area contributed by atoms with Crippen LogP contribution in [0.1, 0.15) is 22.3 Å². The largest absolute Gasteiger partial charge is 0.448 e. The van der Waals surface area contributed by atoms with Crippen LogP contribution in [-0.2, 0) is 20.7 Å². The van der Waals surface area contributed by atoms with Gasteiger partial charge in [-0.2, -0.15) is 0 Å². The first-order chi connectivity index (χ1) is 12.1. The number of hydrogen-bond donors (Lipinski definition) is 2. The average Bonchev–Trinajstić information content (AvgIpc) is 2.62. The zero-order chi connectivity index (χ0) is 17.6. The quantitative estimate of drug-likeness (QED) is 0.801. The van der Waals surface area contributed by atoms with E-state index in [1.54, 1.807) is 42.7 Å². The van der Waals surface area contributed by atoms with Crippen LogP contribution in [0.5, 0.6) is 0 Å². The fourth-order valence-electron chi connectivity index (χ4n) is 2.55. The topological polar surface area (TPSA) is 97.4 Å². The van der Waals surface area contributed by atoms with Crippen LogP contribution in [0.4, 0.5) is 5.69 Å². The minimum absolute atomic E-state index is 0.116. The minimum atomic E-state index is -0.870. The number of amides is 2. The number of nitrogens with one attached hydrogen (secondary N) is 2. The van der Waals surface area contributed by atoms with Gasteiger partial charge in [0.1, 0.15) is 0 Å². The molecule has 0 radical (unpaired) electrons. The molecule has 0 fully saturated rings. The molecule has 0 spiro atoms. The van der Waals surface area contributed by atoms with Crippen LogP contribution in [0, 0.1) is 0 Å². The molecule has 2 aromatic rings. The van der Waals surface area contributed by atoms with E-state index >= 15 is 0 Å². The van der Waals surface area contributed by atoms with Gasteiger partial charge in [-0.25, -0.2) is 4.79 Å². The maximum atomic E-state index is 12.2. The summed E-state index contributed by atoms with van der Waals surface area (Å²) in [6, 6.07) is 10.4. The molecule has 0 bridgehead atoms. The van der Waals surface area contributed by atoms with Crippen LogP contribution < -0.4 is 10.6 Å². The molecule has 0 saturated carbocycles. The van der Waals surface area contributed by atoms with Crippen molar-refractivity contribution in [3.8, 4) is 0 Å². The van der Waals surface area contributed by atoms with Gasteiger partial charge in [-0.15, -0.1) is 0 Å². The van der Waals surface area contributed by atoms with Crippen molar-refractivity contribution in [3.63, 3.8) is 0 Å². The lowest BCUT2D eigenvalue weighted by molar-refractivity contribution is -0.130. The van der Waals surface area contributed by atoms with Crippen molar-refractivity contribution in [3.05, 3.63) is 59.9 Å². The van der Waals surface area contributed by atoms with Gasteiger partial charge in [-0.1, -0.05) is 18.2 Å². The number of hydrogen-bond acceptors (Lipinski definition) is 5. The number of ether oxygens (including phenoxy) is 1. The number of cyclic esters (lactones) is 1. The number of fused-ring (bicyclic) bond motifs is 1. The number of nitrogens with zero attached hydrogens (tertiary/aromatic N) is 1. The number of esters is 1. The molecular formula is C18H17N3O4. The second-order valence-corrected chi connectivity index (χ2v) is 5.58. The molecule has 3 rings (SSSR count). The van der Waals surface area contributed by atoms with E-state index in [1.807, 2.05) is 6.07 Å². The Balaban J connectivity index is 1.47. The van der Waals surface area contributed by atoms with Gasteiger partial charge >= 0.3 is 5.97 Å². The molecule has 25 heavy (non-hydrogen) atoms. The van der Waals surface area contributed by atoms with Crippen molar-refractivity contribution in [1.29, 1.82) is 0 Å². The third-order valence-corrected chi connectivity index (χ3v) is 3.80. The highest BCUT2D eigenvalue weighted by molar-refractivity contribution is 5.96. The number of benzene rings is 1. The Hall–Kier alpha value is -3.22. The molecule has 2 N–H and O–H groups in total. The van der Waals surface area contributed by atoms with Crippen molar-refractivity contribution >= 4 is 23.5 Å². The number of anilines is 1. The van der Waals surface area contributed by atoms with Crippen molar-refractivity contribution in [1.82, 2.24) is 10.3 Å². The van der Waals surface area contributed by atoms with Gasteiger partial charge in [0.15, 0.2) is 6.10 Å². The monoisotopic (exact) mass is 339 g/mol. The number of carbonyl (C=O) groups is 3. The molecule has 1 aliphatic heterocycles. The summed E-state index contributed by atoms with van der Waals surface area (Å²) in [4.78, 5) is 39.8. The van der Waals surface area contributed by atoms with Gasteiger partial charge in [-0.05, 0) is 23.8 Å². The Morgan fingerprint density at radius 2 is 1.92 bits per heavy atom. The van der Waals surface area contributed by atoms with E-state index in [0.717, 1.165) is 5.56 Å². The highest BCUT2D eigenvalue weighted by Crippen LogP contribution is 2.20. The Morgan fingerprint density at radius 1 is 1.16 bits per heavy atom. The summed E-state index contributed by atoms with van der Waals surface area (Å²) in [6.45, 7) is 0.158. The molecule has 7 heteroatoms. The molecule has 0 aliphatic carbocycles. The van der Waals surface area contributed by atoms with E-state index < -0.39 is 18.0 Å². The van der Waals surface area contributed by atoms with Crippen molar-refractivity contribution in [2.75, 3.05) is 11.9 Å². The van der Waals surface area contributed by atoms with E-state index in [2.05, 4.69) is 15.6 Å². The fourth-order valence-corrected chi connectivity index (χ4v) is 2.55. The first-order valence-electron chi connectivity index (χ1n) is 7.90. The normalized spacial score (nSPS) is 15.7. The summed E-state index contributed by atoms with van der Waals surface area (Å²) in [7, 11) is 0. The number of aromatic nitrogens is 1. The predicted octanol–water partition coefficient (Wildman–Crippen LogP) is 1.31. The summed E-state index contributed by atoms with van der Waals surface area (Å²) in [5, 5.41) is 5.33. The Bertz CT molecular complexity index is 792. The van der Waals surface area contributed by atoms with Gasteiger partial charge in [-0.3, -0.25) is 14.6 Å². The zero-order valence-corrected chi connectivity index (χ0v) is 13.4. The zero-order valence-electron chi connectivity index (χ0n) is 13.4. The predicted molar refractivity (Wildman–Crippen MR) is 89.8 cm³/mol. The van der Waals surface area contributed by atoms with Crippen LogP contribution in [0.15, 0.2) is 48.8 Å². The van der Waals surface area contributed by atoms with Crippen LogP contribution >= 0.6 is 0 Å². The van der Waals surface area contributed by atoms with Crippen molar-refractivity contribution < 1.29 is 19.1 Å². The van der Waals surface area contributed by atoms with E-state index in [0.29, 0.717) is 17.7 Å². The summed E-state index contributed by atoms with van der Waals surface area (Å²) >= 11 is 0. The van der Waals surface area contributed by atoms with E-state index in [-0.39, 0.29) is 18.9 Å². The second kappa shape index (κ2) is 7.57. The lowest BCUT2D eigenvalue weighted by Gasteiger charge is -2.23. The summed E-state index contributed by atoms with van der Waals surface area (Å²) < 4.78 is 5.17. The lowest BCUT2D eigenvalue weighted by atomic mass is 9.98. The fraction of sp³-hybridized carbons (Fsp3) is 0.222. The lowest BCUT2D eigenvalue weighted by Crippen LogP contribution is -2.42. The highest BCUT2D eigenvalue weighted by Gasteiger charge is 2.30. The van der Waals surface area contributed by atoms with E-state index in [9.17, 15) is 14.4 Å². The molecule has 1 aromatic heterocycles. The SMILES string of the molecule is O=C(CCNC(=O)C1Cc2ccccc2C(=O)O1)Nc1ccncc1. The van der Waals surface area contributed by atoms with Crippen molar-refractivity contribution in [2.24, 2.45) is 0 Å². The van der Waals surface area contributed by atoms with E-state index in [4.69, 9.17) is 4.74 Å². The van der Waals surface area contributed by atoms with Crippen LogP contribution in [0.3, 0.4) is 0 Å². The smallest absolute Gasteiger partial charge is 0.339 e. The molecular weight excluding hydrogens is 322 g/mol. The third-order valence-electron chi connectivity index (χ3n) is 3.80. The molecule has 2 heterocycles. The minimum Gasteiger partial charge on any atom is -0.448 e. The molecule has 1 aromatic carbocycles. The summed E-state index contributed by atoms with van der Waals surface area (Å²) in [5.74, 6) is -1.13. The number of carbonyl (C=O) groups excluding carboxylic acids is 3. The molecule has 1 atom stereocenters. The van der Waals surface area contributed by atoms with Crippen LogP contribution in [-0.4, -0.2) is 35.4 Å². The van der Waals surface area contributed by atoms with Gasteiger partial charge in [0.2, 0.25) is 5.91 Å². The summed E-state index contributed by atoms with van der Waals surface area (Å²) in [5.41, 5.74) is 1.92. The Kier molecular flexibility index (Phi) is 5.03. The van der Waals surface area contributed by atoms with Gasteiger partial charge < -0.3 is 15.4 Å². The van der Waals surface area contributed by atoms with Crippen LogP contribution in [0.25, 0.3) is 0 Å². The standard InChI is InChI=1S/C18H17N3O4/c22-16(21-13-5-8-19-9-6-13)7-10-20-17(23)15-11-12-3-1-2-4-14(12)18(24)25-15/h1-6,8-9,15H,7,10-11H2,(H,20,23)(H,19,21,22). The van der Waals surface area contributed by atoms with Gasteiger partial charge in [0.05, 0.1) is 5.56 Å². The molecule has 7 nitrogen and oxygen atoms in total. The van der Waals surface area contributed by atoms with Crippen molar-refractivity contribution in [2.45, 2.75) is 18.9 Å². The average molecular weight is 339 g/mol. The first-order valence-corrected chi connectivity index (χ1v) is 7.90. The van der Waals surface area contributed by atoms with E-state index in [1.165, 1.54) is 0 Å². The Morgan fingerprint density at radius 3 is 2.72 bits per heavy atom. The maximum absolute atomic E-state index is 12.2. The van der Waals surface area contributed by atoms with Gasteiger partial charge in [0, 0.05) is 37.5 Å². The first kappa shape index (κ1) is 16.6. The van der Waals surface area contributed by atoms with Crippen LogP contribution in [0.2, 0.25) is 0 Å². The number of rotatable bonds is 5. The Labute approximate surface area is 144 Å². The number of pyridine rings is 1. The van der Waals surface area contributed by atoms with Gasteiger partial charge in [0.25, 0.3) is 5.91 Å². The molecule has 1 aliphatic rings. The maximum Gasteiger partial charge on any atom is 0.339 e. The third kappa shape index (κ3) is 4.20. The molecule has 1 unspecified atom stereocenters. The molecule has 128 valence electrons. The highest BCUT2D eigenvalue weighted by atomic mass is 16.5. The molecule has 0 saturated heterocycles. The summed E-state index contributed by atoms with van der Waals surface area (Å²) in [6.07, 6.45) is 2.73. The second-order valence-electron chi connectivity index (χ2n) is 5.58.